The van der Waals surface area contributed by atoms with Gasteiger partial charge >= 0.3 is 18.3 Å². The quantitative estimate of drug-likeness (QED) is 0.609. The summed E-state index contributed by atoms with van der Waals surface area (Å²) in [5.41, 5.74) is -2.84. The number of hydrogen-bond donors (Lipinski definition) is 1. The van der Waals surface area contributed by atoms with E-state index in [0.29, 0.717) is 17.7 Å². The fraction of sp³-hybridized carbons (Fsp3) is 0.111. The van der Waals surface area contributed by atoms with Gasteiger partial charge in [-0.3, -0.25) is 0 Å². The van der Waals surface area contributed by atoms with Crippen LogP contribution in [-0.4, -0.2) is 20.9 Å². The van der Waals surface area contributed by atoms with E-state index in [1.807, 2.05) is 0 Å². The zero-order chi connectivity index (χ0) is 20.7. The molecule has 0 radical (unpaired) electrons. The second kappa shape index (κ2) is 6.70. The van der Waals surface area contributed by atoms with Crippen LogP contribution in [0.5, 0.6) is 0 Å². The van der Waals surface area contributed by atoms with Crippen LogP contribution in [0.1, 0.15) is 21.5 Å². The Bertz CT molecular complexity index is 1000. The standard InChI is InChI=1S/C18H10F6N2O2/c19-17(20,21)12-7-13(18(22,23)24)9-14(8-12)26-5-4-15(25-26)10-2-1-3-11(6-10)16(27)28/h1-9H,(H,27,28). The Morgan fingerprint density at radius 3 is 2.04 bits per heavy atom. The van der Waals surface area contributed by atoms with Crippen molar-refractivity contribution in [1.29, 1.82) is 0 Å². The predicted molar refractivity (Wildman–Crippen MR) is 86.0 cm³/mol. The molecule has 1 N–H and O–H groups in total. The Labute approximate surface area is 153 Å². The minimum Gasteiger partial charge on any atom is -0.478 e. The molecule has 3 aromatic rings. The van der Waals surface area contributed by atoms with Crippen LogP contribution in [0.2, 0.25) is 0 Å². The number of carbonyl (C=O) groups is 1. The topological polar surface area (TPSA) is 55.1 Å². The largest absolute Gasteiger partial charge is 0.478 e. The minimum atomic E-state index is -4.97. The Morgan fingerprint density at radius 1 is 0.893 bits per heavy atom. The monoisotopic (exact) mass is 400 g/mol. The van der Waals surface area contributed by atoms with Crippen LogP contribution in [0.4, 0.5) is 26.3 Å². The van der Waals surface area contributed by atoms with Crippen LogP contribution in [0.25, 0.3) is 16.9 Å². The highest BCUT2D eigenvalue weighted by atomic mass is 19.4. The van der Waals surface area contributed by atoms with Gasteiger partial charge in [0, 0.05) is 11.8 Å². The van der Waals surface area contributed by atoms with Crippen LogP contribution in [-0.2, 0) is 12.4 Å². The second-order valence-corrected chi connectivity index (χ2v) is 5.80. The van der Waals surface area contributed by atoms with Gasteiger partial charge in [0.2, 0.25) is 0 Å². The number of nitrogens with zero attached hydrogens (tertiary/aromatic N) is 2. The van der Waals surface area contributed by atoms with Gasteiger partial charge in [-0.2, -0.15) is 31.4 Å². The third-order valence-corrected chi connectivity index (χ3v) is 3.83. The summed E-state index contributed by atoms with van der Waals surface area (Å²) in [5.74, 6) is -1.19. The van der Waals surface area contributed by atoms with Crippen molar-refractivity contribution in [3.63, 3.8) is 0 Å². The Balaban J connectivity index is 2.08. The zero-order valence-electron chi connectivity index (χ0n) is 13.7. The number of benzene rings is 2. The summed E-state index contributed by atoms with van der Waals surface area (Å²) in [4.78, 5) is 11.0. The van der Waals surface area contributed by atoms with Gasteiger partial charge < -0.3 is 5.11 Å². The van der Waals surface area contributed by atoms with Crippen molar-refractivity contribution < 1.29 is 36.2 Å². The van der Waals surface area contributed by atoms with Crippen molar-refractivity contribution in [2.45, 2.75) is 12.4 Å². The molecular formula is C18H10F6N2O2. The summed E-state index contributed by atoms with van der Waals surface area (Å²) in [6.45, 7) is 0. The van der Waals surface area contributed by atoms with Gasteiger partial charge in [-0.15, -0.1) is 0 Å². The van der Waals surface area contributed by atoms with E-state index in [1.165, 1.54) is 36.5 Å². The first kappa shape index (κ1) is 19.5. The molecule has 0 aliphatic heterocycles. The molecule has 2 aromatic carbocycles. The van der Waals surface area contributed by atoms with Crippen molar-refractivity contribution >= 4 is 5.97 Å². The summed E-state index contributed by atoms with van der Waals surface area (Å²) in [5, 5.41) is 13.0. The van der Waals surface area contributed by atoms with E-state index in [9.17, 15) is 31.1 Å². The number of rotatable bonds is 3. The Morgan fingerprint density at radius 2 is 1.50 bits per heavy atom. The van der Waals surface area contributed by atoms with Gasteiger partial charge in [-0.25, -0.2) is 9.48 Å². The second-order valence-electron chi connectivity index (χ2n) is 5.80. The van der Waals surface area contributed by atoms with E-state index in [1.54, 1.807) is 0 Å². The lowest BCUT2D eigenvalue weighted by atomic mass is 10.1. The lowest BCUT2D eigenvalue weighted by molar-refractivity contribution is -0.143. The van der Waals surface area contributed by atoms with Crippen molar-refractivity contribution in [3.8, 4) is 16.9 Å². The van der Waals surface area contributed by atoms with E-state index >= 15 is 0 Å². The number of carboxylic acid groups (broad SMARTS) is 1. The molecule has 0 amide bonds. The predicted octanol–water partition coefficient (Wildman–Crippen LogP) is 5.28. The average molecular weight is 400 g/mol. The van der Waals surface area contributed by atoms with Gasteiger partial charge in [0.25, 0.3) is 0 Å². The smallest absolute Gasteiger partial charge is 0.416 e. The highest BCUT2D eigenvalue weighted by Gasteiger charge is 2.37. The van der Waals surface area contributed by atoms with Gasteiger partial charge in [0.15, 0.2) is 0 Å². The molecule has 0 saturated carbocycles. The van der Waals surface area contributed by atoms with Crippen LogP contribution < -0.4 is 0 Å². The molecule has 0 unspecified atom stereocenters. The number of halogens is 6. The molecule has 0 fully saturated rings. The molecule has 0 spiro atoms. The van der Waals surface area contributed by atoms with Gasteiger partial charge in [-0.05, 0) is 36.4 Å². The molecule has 0 atom stereocenters. The van der Waals surface area contributed by atoms with Crippen LogP contribution >= 0.6 is 0 Å². The highest BCUT2D eigenvalue weighted by molar-refractivity contribution is 5.89. The first-order valence-electron chi connectivity index (χ1n) is 7.64. The molecule has 0 aliphatic carbocycles. The fourth-order valence-electron chi connectivity index (χ4n) is 2.50. The molecule has 1 heterocycles. The Kier molecular flexibility index (Phi) is 4.66. The summed E-state index contributed by atoms with van der Waals surface area (Å²) >= 11 is 0. The third-order valence-electron chi connectivity index (χ3n) is 3.83. The third kappa shape index (κ3) is 4.00. The molecule has 0 saturated heterocycles. The number of aromatic nitrogens is 2. The maximum atomic E-state index is 13.0. The van der Waals surface area contributed by atoms with Crippen molar-refractivity contribution in [1.82, 2.24) is 9.78 Å². The van der Waals surface area contributed by atoms with Crippen LogP contribution in [0.3, 0.4) is 0 Å². The van der Waals surface area contributed by atoms with Crippen molar-refractivity contribution in [2.24, 2.45) is 0 Å². The van der Waals surface area contributed by atoms with Gasteiger partial charge in [0.05, 0.1) is 28.1 Å². The summed E-state index contributed by atoms with van der Waals surface area (Å²) in [6, 6.07) is 8.10. The molecule has 10 heteroatoms. The molecule has 0 bridgehead atoms. The van der Waals surface area contributed by atoms with Gasteiger partial charge in [0.1, 0.15) is 0 Å². The number of carboxylic acids is 1. The molecule has 146 valence electrons. The molecule has 0 aliphatic rings. The van der Waals surface area contributed by atoms with Gasteiger partial charge in [-0.1, -0.05) is 12.1 Å². The summed E-state index contributed by atoms with van der Waals surface area (Å²) < 4.78 is 78.8. The maximum Gasteiger partial charge on any atom is 0.416 e. The Hall–Kier alpha value is -3.30. The zero-order valence-corrected chi connectivity index (χ0v) is 13.7. The number of alkyl halides is 6. The highest BCUT2D eigenvalue weighted by Crippen LogP contribution is 2.37. The summed E-state index contributed by atoms with van der Waals surface area (Å²) in [7, 11) is 0. The van der Waals surface area contributed by atoms with Crippen molar-refractivity contribution in [2.75, 3.05) is 0 Å². The molecule has 3 rings (SSSR count). The SMILES string of the molecule is O=C(O)c1cccc(-c2ccn(-c3cc(C(F)(F)F)cc(C(F)(F)F)c3)n2)c1. The lowest BCUT2D eigenvalue weighted by Crippen LogP contribution is -2.12. The van der Waals surface area contributed by atoms with E-state index < -0.39 is 35.1 Å². The number of hydrogen-bond acceptors (Lipinski definition) is 2. The van der Waals surface area contributed by atoms with Crippen LogP contribution in [0, 0.1) is 0 Å². The van der Waals surface area contributed by atoms with E-state index in [-0.39, 0.29) is 17.3 Å². The normalized spacial score (nSPS) is 12.2. The fourth-order valence-corrected chi connectivity index (χ4v) is 2.50. The lowest BCUT2D eigenvalue weighted by Gasteiger charge is -2.14. The first-order chi connectivity index (χ1) is 12.9. The molecule has 1 aromatic heterocycles. The molecular weight excluding hydrogens is 390 g/mol. The number of aromatic carboxylic acids is 1. The minimum absolute atomic E-state index is 0.0320. The van der Waals surface area contributed by atoms with Crippen LogP contribution in [0.15, 0.2) is 54.7 Å². The first-order valence-corrected chi connectivity index (χ1v) is 7.64. The van der Waals surface area contributed by atoms with E-state index in [4.69, 9.17) is 5.11 Å². The maximum absolute atomic E-state index is 13.0. The van der Waals surface area contributed by atoms with Crippen molar-refractivity contribution in [3.05, 3.63) is 71.4 Å². The van der Waals surface area contributed by atoms with E-state index in [2.05, 4.69) is 5.10 Å². The summed E-state index contributed by atoms with van der Waals surface area (Å²) in [6.07, 6.45) is -8.75. The molecule has 4 nitrogen and oxygen atoms in total. The molecule has 28 heavy (non-hydrogen) atoms. The average Bonchev–Trinajstić information content (AvgIpc) is 3.10. The van der Waals surface area contributed by atoms with E-state index in [0.717, 1.165) is 4.68 Å².